The molecule has 1 aliphatic carbocycles. The second kappa shape index (κ2) is 4.59. The Morgan fingerprint density at radius 1 is 1.15 bits per heavy atom. The molecule has 3 rings (SSSR count). The van der Waals surface area contributed by atoms with E-state index in [0.717, 1.165) is 5.56 Å². The lowest BCUT2D eigenvalue weighted by atomic mass is 10.2. The van der Waals surface area contributed by atoms with Gasteiger partial charge in [0.2, 0.25) is 11.8 Å². The Morgan fingerprint density at radius 3 is 2.45 bits per heavy atom. The first-order valence-corrected chi connectivity index (χ1v) is 6.20. The normalized spacial score (nSPS) is 17.1. The second-order valence-electron chi connectivity index (χ2n) is 4.80. The van der Waals surface area contributed by atoms with Crippen molar-refractivity contribution in [2.45, 2.75) is 31.1 Å². The summed E-state index contributed by atoms with van der Waals surface area (Å²) >= 11 is 0. The Balaban J connectivity index is 1.67. The summed E-state index contributed by atoms with van der Waals surface area (Å²) in [5.74, 6) is 0.457. The molecule has 1 fully saturated rings. The van der Waals surface area contributed by atoms with Gasteiger partial charge < -0.3 is 4.42 Å². The average molecular weight is 283 g/mol. The number of hydrogen-bond donors (Lipinski definition) is 1. The Hall–Kier alpha value is -1.89. The van der Waals surface area contributed by atoms with Gasteiger partial charge in [-0.2, -0.15) is 13.2 Å². The summed E-state index contributed by atoms with van der Waals surface area (Å²) in [7, 11) is 0. The summed E-state index contributed by atoms with van der Waals surface area (Å²) in [5.41, 5.74) is -1.03. The molecule has 1 saturated carbocycles. The highest BCUT2D eigenvalue weighted by Gasteiger charge is 2.63. The van der Waals surface area contributed by atoms with Crippen LogP contribution < -0.4 is 5.32 Å². The Bertz CT molecular complexity index is 590. The van der Waals surface area contributed by atoms with Crippen LogP contribution in [-0.4, -0.2) is 21.9 Å². The summed E-state index contributed by atoms with van der Waals surface area (Å²) in [6.07, 6.45) is -4.05. The molecule has 0 atom stereocenters. The maximum absolute atomic E-state index is 12.7. The largest absolute Gasteiger partial charge is 0.419 e. The summed E-state index contributed by atoms with van der Waals surface area (Å²) < 4.78 is 43.6. The molecule has 0 aliphatic heterocycles. The minimum Gasteiger partial charge on any atom is -0.419 e. The molecule has 106 valence electrons. The van der Waals surface area contributed by atoms with Crippen LogP contribution in [0.4, 0.5) is 13.2 Å². The van der Waals surface area contributed by atoms with Crippen LogP contribution in [0.1, 0.15) is 18.7 Å². The number of halogens is 3. The van der Waals surface area contributed by atoms with Gasteiger partial charge in [-0.3, -0.25) is 5.32 Å². The predicted octanol–water partition coefficient (Wildman–Crippen LogP) is 2.92. The van der Waals surface area contributed by atoms with Crippen molar-refractivity contribution in [2.24, 2.45) is 0 Å². The number of rotatable bonds is 4. The highest BCUT2D eigenvalue weighted by atomic mass is 19.4. The molecule has 0 radical (unpaired) electrons. The van der Waals surface area contributed by atoms with Gasteiger partial charge in [0.05, 0.1) is 6.54 Å². The van der Waals surface area contributed by atoms with Gasteiger partial charge in [0.1, 0.15) is 5.54 Å². The van der Waals surface area contributed by atoms with E-state index >= 15 is 0 Å². The van der Waals surface area contributed by atoms with Crippen LogP contribution in [0.3, 0.4) is 0 Å². The van der Waals surface area contributed by atoms with Crippen LogP contribution in [0.2, 0.25) is 0 Å². The van der Waals surface area contributed by atoms with E-state index in [0.29, 0.717) is 5.89 Å². The molecule has 2 aromatic rings. The summed E-state index contributed by atoms with van der Waals surface area (Å²) in [6, 6.07) is 9.08. The van der Waals surface area contributed by atoms with E-state index in [9.17, 15) is 13.2 Å². The van der Waals surface area contributed by atoms with Crippen molar-refractivity contribution in [3.8, 4) is 11.5 Å². The monoisotopic (exact) mass is 283 g/mol. The molecule has 0 unspecified atom stereocenters. The standard InChI is InChI=1S/C13H12F3N3O/c14-13(15,16)12(6-7-12)17-8-10-18-19-11(20-10)9-4-2-1-3-5-9/h1-5,17H,6-8H2. The molecular weight excluding hydrogens is 271 g/mol. The van der Waals surface area contributed by atoms with Crippen molar-refractivity contribution in [3.05, 3.63) is 36.2 Å². The average Bonchev–Trinajstić information content (AvgIpc) is 3.09. The van der Waals surface area contributed by atoms with E-state index in [1.54, 1.807) is 12.1 Å². The van der Waals surface area contributed by atoms with Crippen LogP contribution in [0.25, 0.3) is 11.5 Å². The number of nitrogens with zero attached hydrogens (tertiary/aromatic N) is 2. The number of aromatic nitrogens is 2. The fourth-order valence-corrected chi connectivity index (χ4v) is 1.95. The molecule has 7 heteroatoms. The van der Waals surface area contributed by atoms with E-state index < -0.39 is 11.7 Å². The SMILES string of the molecule is FC(F)(F)C1(NCc2nnc(-c3ccccc3)o2)CC1. The van der Waals surface area contributed by atoms with Crippen LogP contribution in [0, 0.1) is 0 Å². The third-order valence-corrected chi connectivity index (χ3v) is 3.36. The van der Waals surface area contributed by atoms with Gasteiger partial charge in [-0.25, -0.2) is 0 Å². The highest BCUT2D eigenvalue weighted by Crippen LogP contribution is 2.49. The van der Waals surface area contributed by atoms with E-state index in [-0.39, 0.29) is 25.3 Å². The minimum absolute atomic E-state index is 0.0840. The third-order valence-electron chi connectivity index (χ3n) is 3.36. The van der Waals surface area contributed by atoms with E-state index in [1.165, 1.54) is 0 Å². The lowest BCUT2D eigenvalue weighted by Gasteiger charge is -2.19. The van der Waals surface area contributed by atoms with Crippen molar-refractivity contribution in [3.63, 3.8) is 0 Å². The summed E-state index contributed by atoms with van der Waals surface area (Å²) in [4.78, 5) is 0. The third kappa shape index (κ3) is 2.40. The minimum atomic E-state index is -4.24. The predicted molar refractivity (Wildman–Crippen MR) is 64.6 cm³/mol. The van der Waals surface area contributed by atoms with Crippen LogP contribution in [-0.2, 0) is 6.54 Å². The highest BCUT2D eigenvalue weighted by molar-refractivity contribution is 5.51. The Labute approximate surface area is 113 Å². The van der Waals surface area contributed by atoms with Gasteiger partial charge in [-0.15, -0.1) is 10.2 Å². The first kappa shape index (κ1) is 13.1. The van der Waals surface area contributed by atoms with Crippen LogP contribution in [0.15, 0.2) is 34.7 Å². The second-order valence-corrected chi connectivity index (χ2v) is 4.80. The first-order valence-electron chi connectivity index (χ1n) is 6.20. The molecule has 1 N–H and O–H groups in total. The van der Waals surface area contributed by atoms with Crippen molar-refractivity contribution in [2.75, 3.05) is 0 Å². The quantitative estimate of drug-likeness (QED) is 0.937. The maximum atomic E-state index is 12.7. The molecule has 1 aromatic heterocycles. The number of hydrogen-bond acceptors (Lipinski definition) is 4. The molecule has 0 spiro atoms. The lowest BCUT2D eigenvalue weighted by molar-refractivity contribution is -0.166. The molecular formula is C13H12F3N3O. The zero-order chi connectivity index (χ0) is 14.2. The van der Waals surface area contributed by atoms with Gasteiger partial charge >= 0.3 is 6.18 Å². The maximum Gasteiger partial charge on any atom is 0.406 e. The van der Waals surface area contributed by atoms with Gasteiger partial charge in [0, 0.05) is 5.56 Å². The molecule has 1 heterocycles. The number of benzene rings is 1. The lowest BCUT2D eigenvalue weighted by Crippen LogP contribution is -2.44. The molecule has 1 aromatic carbocycles. The van der Waals surface area contributed by atoms with E-state index in [4.69, 9.17) is 4.42 Å². The van der Waals surface area contributed by atoms with Crippen LogP contribution >= 0.6 is 0 Å². The van der Waals surface area contributed by atoms with Crippen molar-refractivity contribution in [1.82, 2.24) is 15.5 Å². The Kier molecular flexibility index (Phi) is 3.01. The van der Waals surface area contributed by atoms with Crippen LogP contribution in [0.5, 0.6) is 0 Å². The van der Waals surface area contributed by atoms with E-state index in [2.05, 4.69) is 15.5 Å². The van der Waals surface area contributed by atoms with Gasteiger partial charge in [0.15, 0.2) is 0 Å². The first-order chi connectivity index (χ1) is 9.50. The summed E-state index contributed by atoms with van der Waals surface area (Å²) in [5, 5.41) is 10.1. The molecule has 20 heavy (non-hydrogen) atoms. The fraction of sp³-hybridized carbons (Fsp3) is 0.385. The molecule has 0 amide bonds. The fourth-order valence-electron chi connectivity index (χ4n) is 1.95. The van der Waals surface area contributed by atoms with Crippen molar-refractivity contribution < 1.29 is 17.6 Å². The van der Waals surface area contributed by atoms with Crippen molar-refractivity contribution >= 4 is 0 Å². The van der Waals surface area contributed by atoms with Gasteiger partial charge in [-0.1, -0.05) is 18.2 Å². The molecule has 4 nitrogen and oxygen atoms in total. The summed E-state index contributed by atoms with van der Waals surface area (Å²) in [6.45, 7) is -0.0840. The smallest absolute Gasteiger partial charge is 0.406 e. The number of alkyl halides is 3. The van der Waals surface area contributed by atoms with E-state index in [1.807, 2.05) is 18.2 Å². The molecule has 0 saturated heterocycles. The number of nitrogens with one attached hydrogen (secondary N) is 1. The van der Waals surface area contributed by atoms with Crippen molar-refractivity contribution in [1.29, 1.82) is 0 Å². The zero-order valence-electron chi connectivity index (χ0n) is 10.4. The molecule has 1 aliphatic rings. The van der Waals surface area contributed by atoms with Gasteiger partial charge in [-0.05, 0) is 25.0 Å². The Morgan fingerprint density at radius 2 is 1.85 bits per heavy atom. The molecule has 0 bridgehead atoms. The zero-order valence-corrected chi connectivity index (χ0v) is 10.4. The van der Waals surface area contributed by atoms with Gasteiger partial charge in [0.25, 0.3) is 0 Å². The topological polar surface area (TPSA) is 51.0 Å².